The molecule has 1 aliphatic heterocycles. The average molecular weight is 546 g/mol. The van der Waals surface area contributed by atoms with E-state index in [0.717, 1.165) is 48.2 Å². The van der Waals surface area contributed by atoms with Crippen molar-refractivity contribution < 1.29 is 9.21 Å². The third-order valence-electron chi connectivity index (χ3n) is 5.93. The number of aliphatic imine (C=N–C) groups is 1. The first-order chi connectivity index (χ1) is 15.2. The summed E-state index contributed by atoms with van der Waals surface area (Å²) in [6.45, 7) is 4.86. The molecule has 0 fully saturated rings. The predicted molar refractivity (Wildman–Crippen MR) is 139 cm³/mol. The first-order valence-corrected chi connectivity index (χ1v) is 10.9. The maximum Gasteiger partial charge on any atom is 0.222 e. The zero-order chi connectivity index (χ0) is 21.6. The van der Waals surface area contributed by atoms with Gasteiger partial charge in [0.2, 0.25) is 5.91 Å². The van der Waals surface area contributed by atoms with Gasteiger partial charge in [-0.2, -0.15) is 0 Å². The van der Waals surface area contributed by atoms with Gasteiger partial charge in [0.05, 0.1) is 6.54 Å². The van der Waals surface area contributed by atoms with E-state index in [-0.39, 0.29) is 29.9 Å². The van der Waals surface area contributed by atoms with Crippen LogP contribution < -0.4 is 10.6 Å². The highest BCUT2D eigenvalue weighted by Crippen LogP contribution is 2.24. The van der Waals surface area contributed by atoms with Gasteiger partial charge in [-0.25, -0.2) is 0 Å². The van der Waals surface area contributed by atoms with Gasteiger partial charge >= 0.3 is 0 Å². The minimum absolute atomic E-state index is 0. The Morgan fingerprint density at radius 3 is 2.62 bits per heavy atom. The predicted octanol–water partition coefficient (Wildman–Crippen LogP) is 4.39. The van der Waals surface area contributed by atoms with Crippen LogP contribution in [-0.2, 0) is 24.3 Å². The summed E-state index contributed by atoms with van der Waals surface area (Å²) >= 11 is 0. The Labute approximate surface area is 206 Å². The van der Waals surface area contributed by atoms with E-state index in [1.54, 1.807) is 7.05 Å². The maximum absolute atomic E-state index is 12.6. The Kier molecular flexibility index (Phi) is 8.55. The summed E-state index contributed by atoms with van der Waals surface area (Å²) in [6, 6.07) is 16.4. The number of rotatable bonds is 6. The average Bonchev–Trinajstić information content (AvgIpc) is 3.13. The number of guanidine groups is 1. The van der Waals surface area contributed by atoms with Crippen molar-refractivity contribution in [1.29, 1.82) is 0 Å². The SMILES string of the molecule is CN=C(NCCCC(=O)N1CCc2ccccc2C1)NCc1oc2ccccc2c1C.I. The quantitative estimate of drug-likeness (QED) is 0.208. The second-order valence-corrected chi connectivity index (χ2v) is 7.94. The number of halogens is 1. The Bertz CT molecular complexity index is 1090. The largest absolute Gasteiger partial charge is 0.459 e. The third kappa shape index (κ3) is 5.62. The van der Waals surface area contributed by atoms with Crippen LogP contribution in [0.5, 0.6) is 0 Å². The number of carbonyl (C=O) groups is 1. The van der Waals surface area contributed by atoms with Crippen LogP contribution in [0.25, 0.3) is 11.0 Å². The van der Waals surface area contributed by atoms with Crippen molar-refractivity contribution in [2.45, 2.75) is 39.3 Å². The standard InChI is InChI=1S/C25H30N4O2.HI/c1-18-21-10-5-6-11-22(21)31-23(18)16-28-25(26-2)27-14-7-12-24(30)29-15-13-19-8-3-4-9-20(19)17-29;/h3-6,8-11H,7,12-17H2,1-2H3,(H2,26,27,28);1H. The van der Waals surface area contributed by atoms with Gasteiger partial charge in [0.15, 0.2) is 5.96 Å². The van der Waals surface area contributed by atoms with E-state index in [2.05, 4.69) is 46.8 Å². The molecule has 2 heterocycles. The van der Waals surface area contributed by atoms with Gasteiger partial charge in [-0.1, -0.05) is 42.5 Å². The number of hydrogen-bond donors (Lipinski definition) is 2. The van der Waals surface area contributed by atoms with E-state index in [1.807, 2.05) is 29.2 Å². The zero-order valence-electron chi connectivity index (χ0n) is 18.7. The van der Waals surface area contributed by atoms with Crippen LogP contribution in [-0.4, -0.2) is 36.9 Å². The number of hydrogen-bond acceptors (Lipinski definition) is 3. The van der Waals surface area contributed by atoms with Gasteiger partial charge in [0.25, 0.3) is 0 Å². The topological polar surface area (TPSA) is 69.9 Å². The highest BCUT2D eigenvalue weighted by molar-refractivity contribution is 14.0. The van der Waals surface area contributed by atoms with E-state index in [4.69, 9.17) is 4.42 Å². The van der Waals surface area contributed by atoms with Crippen LogP contribution in [0.15, 0.2) is 57.9 Å². The Hall–Kier alpha value is -2.55. The summed E-state index contributed by atoms with van der Waals surface area (Å²) < 4.78 is 5.95. The molecule has 4 rings (SSSR count). The lowest BCUT2D eigenvalue weighted by atomic mass is 9.99. The van der Waals surface area contributed by atoms with Gasteiger partial charge in [-0.15, -0.1) is 24.0 Å². The molecule has 0 aliphatic carbocycles. The van der Waals surface area contributed by atoms with Crippen LogP contribution in [0.4, 0.5) is 0 Å². The normalized spacial score (nSPS) is 13.4. The highest BCUT2D eigenvalue weighted by Gasteiger charge is 2.19. The molecule has 0 saturated carbocycles. The Morgan fingerprint density at radius 1 is 1.09 bits per heavy atom. The Balaban J connectivity index is 0.00000289. The maximum atomic E-state index is 12.6. The lowest BCUT2D eigenvalue weighted by molar-refractivity contribution is -0.132. The van der Waals surface area contributed by atoms with Gasteiger partial charge < -0.3 is 20.0 Å². The fraction of sp³-hybridized carbons (Fsp3) is 0.360. The van der Waals surface area contributed by atoms with Gasteiger partial charge in [0.1, 0.15) is 11.3 Å². The van der Waals surface area contributed by atoms with E-state index in [1.165, 1.54) is 11.1 Å². The third-order valence-corrected chi connectivity index (χ3v) is 5.93. The van der Waals surface area contributed by atoms with Crippen molar-refractivity contribution in [3.63, 3.8) is 0 Å². The van der Waals surface area contributed by atoms with Crippen LogP contribution in [0.2, 0.25) is 0 Å². The highest BCUT2D eigenvalue weighted by atomic mass is 127. The minimum atomic E-state index is 0. The van der Waals surface area contributed by atoms with Gasteiger partial charge in [-0.3, -0.25) is 9.79 Å². The molecule has 0 atom stereocenters. The van der Waals surface area contributed by atoms with Gasteiger partial charge in [0, 0.05) is 44.1 Å². The molecule has 0 unspecified atom stereocenters. The molecule has 2 aromatic carbocycles. The molecule has 1 aliphatic rings. The molecule has 170 valence electrons. The van der Waals surface area contributed by atoms with Crippen LogP contribution in [0, 0.1) is 6.92 Å². The number of benzene rings is 2. The summed E-state index contributed by atoms with van der Waals surface area (Å²) in [7, 11) is 1.75. The summed E-state index contributed by atoms with van der Waals surface area (Å²) in [6.07, 6.45) is 2.24. The van der Waals surface area contributed by atoms with Crippen LogP contribution in [0.1, 0.15) is 35.3 Å². The molecule has 0 bridgehead atoms. The number of amides is 1. The number of aryl methyl sites for hydroxylation is 1. The fourth-order valence-corrected chi connectivity index (χ4v) is 4.09. The van der Waals surface area contributed by atoms with Crippen molar-refractivity contribution in [3.8, 4) is 0 Å². The van der Waals surface area contributed by atoms with E-state index in [0.29, 0.717) is 25.5 Å². The van der Waals surface area contributed by atoms with Crippen molar-refractivity contribution in [2.75, 3.05) is 20.1 Å². The smallest absolute Gasteiger partial charge is 0.222 e. The molecule has 2 N–H and O–H groups in total. The molecule has 3 aromatic rings. The summed E-state index contributed by atoms with van der Waals surface area (Å²) in [5.74, 6) is 1.83. The molecule has 7 heteroatoms. The lowest BCUT2D eigenvalue weighted by Gasteiger charge is -2.29. The van der Waals surface area contributed by atoms with E-state index >= 15 is 0 Å². The molecular formula is C25H31IN4O2. The number of furan rings is 1. The summed E-state index contributed by atoms with van der Waals surface area (Å²) in [4.78, 5) is 18.8. The number of carbonyl (C=O) groups excluding carboxylic acids is 1. The number of nitrogens with one attached hydrogen (secondary N) is 2. The molecule has 0 spiro atoms. The summed E-state index contributed by atoms with van der Waals surface area (Å²) in [5.41, 5.74) is 4.68. The van der Waals surface area contributed by atoms with Gasteiger partial charge in [-0.05, 0) is 37.0 Å². The zero-order valence-corrected chi connectivity index (χ0v) is 21.0. The van der Waals surface area contributed by atoms with Crippen LogP contribution >= 0.6 is 24.0 Å². The number of para-hydroxylation sites is 1. The molecule has 1 aromatic heterocycles. The molecule has 0 saturated heterocycles. The molecule has 0 radical (unpaired) electrons. The Morgan fingerprint density at radius 2 is 1.84 bits per heavy atom. The number of fused-ring (bicyclic) bond motifs is 2. The summed E-state index contributed by atoms with van der Waals surface area (Å²) in [5, 5.41) is 7.73. The van der Waals surface area contributed by atoms with Crippen LogP contribution in [0.3, 0.4) is 0 Å². The second kappa shape index (κ2) is 11.4. The van der Waals surface area contributed by atoms with E-state index < -0.39 is 0 Å². The molecule has 32 heavy (non-hydrogen) atoms. The number of nitrogens with zero attached hydrogens (tertiary/aromatic N) is 2. The molecule has 1 amide bonds. The minimum Gasteiger partial charge on any atom is -0.459 e. The lowest BCUT2D eigenvalue weighted by Crippen LogP contribution is -2.38. The fourth-order valence-electron chi connectivity index (χ4n) is 4.09. The molecular weight excluding hydrogens is 515 g/mol. The monoisotopic (exact) mass is 546 g/mol. The molecule has 6 nitrogen and oxygen atoms in total. The van der Waals surface area contributed by atoms with Crippen molar-refractivity contribution in [1.82, 2.24) is 15.5 Å². The van der Waals surface area contributed by atoms with E-state index in [9.17, 15) is 4.79 Å². The first-order valence-electron chi connectivity index (χ1n) is 10.9. The second-order valence-electron chi connectivity index (χ2n) is 7.94. The van der Waals surface area contributed by atoms with Crippen molar-refractivity contribution in [3.05, 3.63) is 71.0 Å². The van der Waals surface area contributed by atoms with Crippen molar-refractivity contribution in [2.24, 2.45) is 4.99 Å². The first kappa shape index (κ1) is 24.1. The van der Waals surface area contributed by atoms with Crippen molar-refractivity contribution >= 4 is 46.8 Å².